The highest BCUT2D eigenvalue weighted by Gasteiger charge is 2.06. The first-order valence-electron chi connectivity index (χ1n) is 5.25. The normalized spacial score (nSPS) is 10.2. The van der Waals surface area contributed by atoms with Crippen LogP contribution in [0.5, 0.6) is 11.6 Å². The van der Waals surface area contributed by atoms with Crippen molar-refractivity contribution in [1.29, 1.82) is 0 Å². The third-order valence-electron chi connectivity index (χ3n) is 2.18. The van der Waals surface area contributed by atoms with E-state index in [0.29, 0.717) is 23.3 Å². The number of ether oxygens (including phenoxy) is 1. The van der Waals surface area contributed by atoms with Gasteiger partial charge in [0.25, 0.3) is 0 Å². The molecule has 0 bridgehead atoms. The lowest BCUT2D eigenvalue weighted by Crippen LogP contribution is -1.98. The smallest absolute Gasteiger partial charge is 0.224 e. The zero-order valence-corrected chi connectivity index (χ0v) is 10.6. The van der Waals surface area contributed by atoms with Crippen LogP contribution in [0.1, 0.15) is 5.82 Å². The van der Waals surface area contributed by atoms with Crippen molar-refractivity contribution in [1.82, 2.24) is 9.97 Å². The first kappa shape index (κ1) is 12.6. The molecule has 4 nitrogen and oxygen atoms in total. The van der Waals surface area contributed by atoms with Crippen molar-refractivity contribution >= 4 is 17.4 Å². The molecule has 0 unspecified atom stereocenters. The van der Waals surface area contributed by atoms with Crippen molar-refractivity contribution in [3.63, 3.8) is 0 Å². The van der Waals surface area contributed by atoms with E-state index in [0.717, 1.165) is 0 Å². The fraction of sp³-hybridized carbons (Fsp3) is 0.167. The van der Waals surface area contributed by atoms with Crippen LogP contribution in [0.2, 0.25) is 5.02 Å². The van der Waals surface area contributed by atoms with Crippen molar-refractivity contribution in [3.8, 4) is 11.6 Å². The molecular formula is C12H11ClFN3O. The number of aryl methyl sites for hydroxylation is 1. The van der Waals surface area contributed by atoms with Gasteiger partial charge in [-0.2, -0.15) is 4.98 Å². The van der Waals surface area contributed by atoms with Gasteiger partial charge in [0.2, 0.25) is 5.88 Å². The molecule has 2 rings (SSSR count). The van der Waals surface area contributed by atoms with Crippen LogP contribution >= 0.6 is 11.6 Å². The fourth-order valence-electron chi connectivity index (χ4n) is 1.38. The second kappa shape index (κ2) is 5.18. The van der Waals surface area contributed by atoms with Crippen LogP contribution in [0.3, 0.4) is 0 Å². The second-order valence-electron chi connectivity index (χ2n) is 3.57. The van der Waals surface area contributed by atoms with Gasteiger partial charge in [-0.25, -0.2) is 9.37 Å². The molecule has 0 aliphatic heterocycles. The third kappa shape index (κ3) is 2.87. The lowest BCUT2D eigenvalue weighted by Gasteiger charge is -2.07. The van der Waals surface area contributed by atoms with Gasteiger partial charge in [0.15, 0.2) is 0 Å². The van der Waals surface area contributed by atoms with Crippen LogP contribution in [0.4, 0.5) is 10.2 Å². The first-order valence-corrected chi connectivity index (χ1v) is 5.62. The molecule has 1 N–H and O–H groups in total. The molecule has 1 aromatic carbocycles. The minimum absolute atomic E-state index is 0.00659. The Balaban J connectivity index is 2.27. The average Bonchev–Trinajstić information content (AvgIpc) is 2.33. The van der Waals surface area contributed by atoms with Crippen LogP contribution in [0.25, 0.3) is 0 Å². The first-order chi connectivity index (χ1) is 8.58. The highest BCUT2D eigenvalue weighted by molar-refractivity contribution is 6.30. The molecule has 0 saturated heterocycles. The van der Waals surface area contributed by atoms with Crippen molar-refractivity contribution < 1.29 is 9.13 Å². The maximum absolute atomic E-state index is 13.0. The van der Waals surface area contributed by atoms with Crippen molar-refractivity contribution in [2.45, 2.75) is 6.92 Å². The maximum Gasteiger partial charge on any atom is 0.224 e. The molecule has 1 heterocycles. The molecule has 0 atom stereocenters. The molecule has 0 aliphatic rings. The Morgan fingerprint density at radius 3 is 2.72 bits per heavy atom. The molecule has 0 saturated carbocycles. The summed E-state index contributed by atoms with van der Waals surface area (Å²) in [5.74, 6) is 1.52. The number of halogens is 2. The summed E-state index contributed by atoms with van der Waals surface area (Å²) in [6.45, 7) is 1.76. The van der Waals surface area contributed by atoms with Gasteiger partial charge in [0, 0.05) is 19.2 Å². The van der Waals surface area contributed by atoms with Crippen LogP contribution in [-0.2, 0) is 0 Å². The zero-order chi connectivity index (χ0) is 13.1. The summed E-state index contributed by atoms with van der Waals surface area (Å²) in [4.78, 5) is 8.26. The maximum atomic E-state index is 13.0. The van der Waals surface area contributed by atoms with Gasteiger partial charge in [-0.05, 0) is 19.1 Å². The van der Waals surface area contributed by atoms with E-state index in [-0.39, 0.29) is 5.02 Å². The highest BCUT2D eigenvalue weighted by atomic mass is 35.5. The van der Waals surface area contributed by atoms with Crippen LogP contribution < -0.4 is 10.1 Å². The lowest BCUT2D eigenvalue weighted by molar-refractivity contribution is 0.458. The molecule has 2 aromatic rings. The summed E-state index contributed by atoms with van der Waals surface area (Å²) in [6.07, 6.45) is 0. The van der Waals surface area contributed by atoms with E-state index >= 15 is 0 Å². The quantitative estimate of drug-likeness (QED) is 0.926. The van der Waals surface area contributed by atoms with Crippen molar-refractivity contribution in [2.24, 2.45) is 0 Å². The Labute approximate surface area is 109 Å². The fourth-order valence-corrected chi connectivity index (χ4v) is 1.55. The number of anilines is 1. The molecule has 0 aliphatic carbocycles. The van der Waals surface area contributed by atoms with Crippen LogP contribution in [0.15, 0.2) is 24.3 Å². The summed E-state index contributed by atoms with van der Waals surface area (Å²) < 4.78 is 18.5. The van der Waals surface area contributed by atoms with E-state index in [1.807, 2.05) is 0 Å². The van der Waals surface area contributed by atoms with E-state index < -0.39 is 5.82 Å². The van der Waals surface area contributed by atoms with Gasteiger partial charge < -0.3 is 10.1 Å². The monoisotopic (exact) mass is 267 g/mol. The van der Waals surface area contributed by atoms with Gasteiger partial charge in [0.05, 0.1) is 5.02 Å². The SMILES string of the molecule is CNc1cc(Oc2ccc(F)c(Cl)c2)nc(C)n1. The van der Waals surface area contributed by atoms with E-state index in [1.54, 1.807) is 20.0 Å². The molecule has 0 radical (unpaired) electrons. The summed E-state index contributed by atoms with van der Waals surface area (Å²) >= 11 is 5.67. The van der Waals surface area contributed by atoms with Gasteiger partial charge in [-0.1, -0.05) is 11.6 Å². The Morgan fingerprint density at radius 1 is 1.28 bits per heavy atom. The number of hydrogen-bond acceptors (Lipinski definition) is 4. The number of benzene rings is 1. The molecule has 0 spiro atoms. The standard InChI is InChI=1S/C12H11ClFN3O/c1-7-16-11(15-2)6-12(17-7)18-8-3-4-10(14)9(13)5-8/h3-6H,1-2H3,(H,15,16,17). The molecule has 0 amide bonds. The summed E-state index contributed by atoms with van der Waals surface area (Å²) in [6, 6.07) is 5.76. The lowest BCUT2D eigenvalue weighted by atomic mass is 10.3. The average molecular weight is 268 g/mol. The number of aromatic nitrogens is 2. The van der Waals surface area contributed by atoms with Gasteiger partial charge in [0.1, 0.15) is 23.2 Å². The second-order valence-corrected chi connectivity index (χ2v) is 3.97. The van der Waals surface area contributed by atoms with Crippen molar-refractivity contribution in [2.75, 3.05) is 12.4 Å². The zero-order valence-electron chi connectivity index (χ0n) is 9.87. The molecule has 94 valence electrons. The molecule has 6 heteroatoms. The number of nitrogens with zero attached hydrogens (tertiary/aromatic N) is 2. The number of rotatable bonds is 3. The van der Waals surface area contributed by atoms with E-state index in [2.05, 4.69) is 15.3 Å². The molecule has 18 heavy (non-hydrogen) atoms. The Hall–Kier alpha value is -1.88. The van der Waals surface area contributed by atoms with Crippen LogP contribution in [-0.4, -0.2) is 17.0 Å². The molecule has 0 fully saturated rings. The Kier molecular flexibility index (Phi) is 3.62. The van der Waals surface area contributed by atoms with Gasteiger partial charge in [-0.3, -0.25) is 0 Å². The molecule has 1 aromatic heterocycles. The Bertz CT molecular complexity index is 577. The Morgan fingerprint density at radius 2 is 2.06 bits per heavy atom. The summed E-state index contributed by atoms with van der Waals surface area (Å²) in [5, 5.41) is 2.90. The van der Waals surface area contributed by atoms with Crippen molar-refractivity contribution in [3.05, 3.63) is 40.9 Å². The minimum atomic E-state index is -0.487. The summed E-state index contributed by atoms with van der Waals surface area (Å²) in [7, 11) is 1.75. The van der Waals surface area contributed by atoms with E-state index in [9.17, 15) is 4.39 Å². The van der Waals surface area contributed by atoms with Crippen LogP contribution in [0, 0.1) is 12.7 Å². The van der Waals surface area contributed by atoms with E-state index in [4.69, 9.17) is 16.3 Å². The third-order valence-corrected chi connectivity index (χ3v) is 2.47. The van der Waals surface area contributed by atoms with Gasteiger partial charge >= 0.3 is 0 Å². The largest absolute Gasteiger partial charge is 0.439 e. The highest BCUT2D eigenvalue weighted by Crippen LogP contribution is 2.25. The topological polar surface area (TPSA) is 47.0 Å². The molecular weight excluding hydrogens is 257 g/mol. The van der Waals surface area contributed by atoms with E-state index in [1.165, 1.54) is 18.2 Å². The predicted octanol–water partition coefficient (Wildman–Crippen LogP) is 3.41. The number of hydrogen-bond donors (Lipinski definition) is 1. The minimum Gasteiger partial charge on any atom is -0.439 e. The van der Waals surface area contributed by atoms with Gasteiger partial charge in [-0.15, -0.1) is 0 Å². The number of nitrogens with one attached hydrogen (secondary N) is 1. The predicted molar refractivity (Wildman–Crippen MR) is 67.8 cm³/mol. The summed E-state index contributed by atoms with van der Waals surface area (Å²) in [5.41, 5.74) is 0.